The van der Waals surface area contributed by atoms with Crippen molar-refractivity contribution in [2.45, 2.75) is 24.2 Å². The third-order valence-electron chi connectivity index (χ3n) is 17.8. The van der Waals surface area contributed by atoms with E-state index in [1.54, 1.807) is 0 Å². The van der Waals surface area contributed by atoms with Gasteiger partial charge in [-0.3, -0.25) is 0 Å². The zero-order chi connectivity index (χ0) is 52.0. The number of benzene rings is 11. The quantitative estimate of drug-likeness (QED) is 0.172. The summed E-state index contributed by atoms with van der Waals surface area (Å²) < 4.78 is 15.9. The molecule has 2 aliphatic heterocycles. The number of fused-ring (bicyclic) bond motifs is 21. The van der Waals surface area contributed by atoms with E-state index in [-0.39, 0.29) is 0 Å². The monoisotopic (exact) mass is 1010 g/mol. The topological polar surface area (TPSA) is 26.6 Å². The van der Waals surface area contributed by atoms with Crippen LogP contribution in [0.1, 0.15) is 57.9 Å². The number of allylic oxidation sites excluding steroid dienone is 4. The van der Waals surface area contributed by atoms with Gasteiger partial charge in [0.15, 0.2) is 0 Å². The molecule has 12 aromatic rings. The lowest BCUT2D eigenvalue weighted by atomic mass is 9.66. The first-order valence-electron chi connectivity index (χ1n) is 27.6. The fourth-order valence-corrected chi connectivity index (χ4v) is 14.6. The molecule has 11 aromatic carbocycles. The predicted octanol–water partition coefficient (Wildman–Crippen LogP) is 19.3. The Morgan fingerprint density at radius 1 is 0.380 bits per heavy atom. The minimum atomic E-state index is -0.578. The minimum Gasteiger partial charge on any atom is -0.457 e. The molecule has 79 heavy (non-hydrogen) atoms. The number of aromatic nitrogens is 1. The van der Waals surface area contributed by atoms with E-state index in [1.165, 1.54) is 72.0 Å². The smallest absolute Gasteiger partial charge is 0.132 e. The molecule has 0 saturated heterocycles. The van der Waals surface area contributed by atoms with Gasteiger partial charge in [-0.25, -0.2) is 0 Å². The van der Waals surface area contributed by atoms with Gasteiger partial charge in [-0.05, 0) is 147 Å². The first-order chi connectivity index (χ1) is 39.1. The fourth-order valence-electron chi connectivity index (χ4n) is 14.6. The lowest BCUT2D eigenvalue weighted by Gasteiger charge is -2.39. The second-order valence-corrected chi connectivity index (χ2v) is 21.9. The number of nitrogens with zero attached hydrogens (tertiary/aromatic N) is 2. The molecule has 0 N–H and O–H groups in total. The SMILES string of the molecule is CC1C=CC(n2c3ccccc3c3ccc(-c4cccc(N(c5ccc6c(c5)-c5ccccc5C65c6ccccc6Oc6ccccc65)c5ccc6c(c5)-c5ccccc5C65c6ccccc6Oc6ccccc65)c4)cc32)=CC1. The third kappa shape index (κ3) is 6.03. The van der Waals surface area contributed by atoms with Crippen LogP contribution in [-0.4, -0.2) is 4.57 Å². The first kappa shape index (κ1) is 44.2. The Balaban J connectivity index is 0.895. The van der Waals surface area contributed by atoms with Gasteiger partial charge in [0.2, 0.25) is 0 Å². The highest BCUT2D eigenvalue weighted by Gasteiger charge is 2.53. The van der Waals surface area contributed by atoms with Crippen molar-refractivity contribution in [2.75, 3.05) is 4.90 Å². The van der Waals surface area contributed by atoms with Crippen molar-refractivity contribution < 1.29 is 9.47 Å². The Hall–Kier alpha value is -9.90. The molecular formula is C75H50N2O2. The summed E-state index contributed by atoms with van der Waals surface area (Å²) in [5.74, 6) is 4.07. The maximum atomic E-state index is 6.72. The predicted molar refractivity (Wildman–Crippen MR) is 322 cm³/mol. The molecule has 0 bridgehead atoms. The Bertz CT molecular complexity index is 4360. The van der Waals surface area contributed by atoms with Gasteiger partial charge in [0.25, 0.3) is 0 Å². The van der Waals surface area contributed by atoms with Crippen LogP contribution < -0.4 is 14.4 Å². The van der Waals surface area contributed by atoms with E-state index in [1.807, 2.05) is 0 Å². The number of para-hydroxylation sites is 5. The summed E-state index contributed by atoms with van der Waals surface area (Å²) >= 11 is 0. The molecule has 1 atom stereocenters. The van der Waals surface area contributed by atoms with E-state index < -0.39 is 10.8 Å². The molecule has 4 heteroatoms. The van der Waals surface area contributed by atoms with Gasteiger partial charge in [-0.2, -0.15) is 0 Å². The summed E-state index contributed by atoms with van der Waals surface area (Å²) in [5.41, 5.74) is 22.5. The maximum absolute atomic E-state index is 6.72. The molecule has 2 spiro atoms. The highest BCUT2D eigenvalue weighted by atomic mass is 16.5. The Kier molecular flexibility index (Phi) is 9.27. The summed E-state index contributed by atoms with van der Waals surface area (Å²) in [6.07, 6.45) is 8.06. The van der Waals surface area contributed by atoms with Crippen LogP contribution in [0.4, 0.5) is 17.1 Å². The van der Waals surface area contributed by atoms with Crippen LogP contribution in [0.15, 0.2) is 267 Å². The highest BCUT2D eigenvalue weighted by molar-refractivity contribution is 6.11. The van der Waals surface area contributed by atoms with Gasteiger partial charge in [0.1, 0.15) is 23.0 Å². The van der Waals surface area contributed by atoms with E-state index in [4.69, 9.17) is 9.47 Å². The number of rotatable bonds is 5. The van der Waals surface area contributed by atoms with Crippen LogP contribution in [0.25, 0.3) is 60.9 Å². The van der Waals surface area contributed by atoms with Crippen molar-refractivity contribution in [3.05, 3.63) is 311 Å². The molecule has 3 aliphatic carbocycles. The van der Waals surface area contributed by atoms with Gasteiger partial charge in [-0.1, -0.05) is 195 Å². The standard InChI is InChI=1S/C75H50N2O2/c1-47-33-36-50(37-34-47)77-68-28-11-4-21-56(68)57-40-35-49(44-69(57)77)48-17-16-18-51(43-48)76(52-38-41-62-58(45-52)54-19-2-5-22-60(54)74(62)64-24-7-12-29-70(64)78-71-30-13-8-25-65(71)74)53-39-42-63-59(46-53)55-20-3-6-23-61(55)75(63)66-26-9-14-31-72(66)79-73-32-15-10-27-67(73)75/h2-33,35-47H,34H2,1H3. The summed E-state index contributed by atoms with van der Waals surface area (Å²) in [6, 6.07) is 91.9. The average Bonchev–Trinajstić information content (AvgIpc) is 3.25. The average molecular weight is 1010 g/mol. The van der Waals surface area contributed by atoms with Crippen molar-refractivity contribution in [1.82, 2.24) is 4.57 Å². The Morgan fingerprint density at radius 3 is 1.38 bits per heavy atom. The van der Waals surface area contributed by atoms with E-state index in [0.29, 0.717) is 5.92 Å². The lowest BCUT2D eigenvalue weighted by molar-refractivity contribution is 0.436. The molecule has 1 unspecified atom stereocenters. The molecule has 4 nitrogen and oxygen atoms in total. The highest BCUT2D eigenvalue weighted by Crippen LogP contribution is 2.65. The van der Waals surface area contributed by atoms with Crippen LogP contribution in [0.3, 0.4) is 0 Å². The second-order valence-electron chi connectivity index (χ2n) is 21.9. The largest absolute Gasteiger partial charge is 0.457 e. The lowest BCUT2D eigenvalue weighted by Crippen LogP contribution is -2.32. The van der Waals surface area contributed by atoms with Crippen molar-refractivity contribution >= 4 is 44.6 Å². The number of ether oxygens (including phenoxy) is 2. The Morgan fingerprint density at radius 2 is 0.835 bits per heavy atom. The zero-order valence-corrected chi connectivity index (χ0v) is 43.4. The van der Waals surface area contributed by atoms with Crippen molar-refractivity contribution in [3.63, 3.8) is 0 Å². The minimum absolute atomic E-state index is 0.520. The van der Waals surface area contributed by atoms with Crippen LogP contribution >= 0.6 is 0 Å². The second kappa shape index (κ2) is 16.6. The van der Waals surface area contributed by atoms with Crippen LogP contribution in [0, 0.1) is 5.92 Å². The normalized spacial score (nSPS) is 15.9. The number of hydrogen-bond acceptors (Lipinski definition) is 3. The van der Waals surface area contributed by atoms with Crippen molar-refractivity contribution in [3.8, 4) is 56.4 Å². The number of anilines is 3. The molecule has 3 heterocycles. The van der Waals surface area contributed by atoms with Gasteiger partial charge >= 0.3 is 0 Å². The first-order valence-corrected chi connectivity index (χ1v) is 27.6. The van der Waals surface area contributed by atoms with E-state index in [2.05, 4.69) is 283 Å². The number of hydrogen-bond donors (Lipinski definition) is 0. The zero-order valence-electron chi connectivity index (χ0n) is 43.4. The summed E-state index contributed by atoms with van der Waals surface area (Å²) in [7, 11) is 0. The fraction of sp³-hybridized carbons (Fsp3) is 0.0667. The third-order valence-corrected chi connectivity index (χ3v) is 17.8. The molecule has 1 aromatic heterocycles. The van der Waals surface area contributed by atoms with Gasteiger partial charge in [-0.15, -0.1) is 0 Å². The van der Waals surface area contributed by atoms with Crippen LogP contribution in [-0.2, 0) is 10.8 Å². The van der Waals surface area contributed by atoms with Gasteiger partial charge in [0.05, 0.1) is 21.9 Å². The molecule has 0 fully saturated rings. The van der Waals surface area contributed by atoms with Crippen LogP contribution in [0.2, 0.25) is 0 Å². The summed E-state index contributed by atoms with van der Waals surface area (Å²) in [5, 5.41) is 2.51. The molecule has 5 aliphatic rings. The molecule has 0 amide bonds. The van der Waals surface area contributed by atoms with Crippen LogP contribution in [0.5, 0.6) is 23.0 Å². The molecule has 372 valence electrons. The molecule has 0 radical (unpaired) electrons. The molecular weight excluding hydrogens is 961 g/mol. The summed E-state index contributed by atoms with van der Waals surface area (Å²) in [6.45, 7) is 2.29. The van der Waals surface area contributed by atoms with Crippen molar-refractivity contribution in [2.24, 2.45) is 5.92 Å². The van der Waals surface area contributed by atoms with Gasteiger partial charge in [0, 0.05) is 55.8 Å². The molecule has 0 saturated carbocycles. The summed E-state index contributed by atoms with van der Waals surface area (Å²) in [4.78, 5) is 2.48. The maximum Gasteiger partial charge on any atom is 0.132 e. The Labute approximate surface area is 459 Å². The van der Waals surface area contributed by atoms with E-state index >= 15 is 0 Å². The van der Waals surface area contributed by atoms with E-state index in [0.717, 1.165) is 79.9 Å². The van der Waals surface area contributed by atoms with E-state index in [9.17, 15) is 0 Å². The molecule has 17 rings (SSSR count). The van der Waals surface area contributed by atoms with Gasteiger partial charge < -0.3 is 18.9 Å². The van der Waals surface area contributed by atoms with Crippen molar-refractivity contribution in [1.29, 1.82) is 0 Å².